The molecule has 3 N–H and O–H groups in total. The van der Waals surface area contributed by atoms with Crippen LogP contribution in [0.25, 0.3) is 0 Å². The fraction of sp³-hybridized carbons (Fsp3) is 0.368. The van der Waals surface area contributed by atoms with Gasteiger partial charge < -0.3 is 10.1 Å². The molecule has 2 aromatic rings. The topological polar surface area (TPSA) is 75.3 Å². The van der Waals surface area contributed by atoms with Crippen LogP contribution in [0.5, 0.6) is 11.5 Å². The van der Waals surface area contributed by atoms with E-state index in [1.807, 2.05) is 12.1 Å². The number of hydrazine groups is 1. The van der Waals surface area contributed by atoms with Crippen molar-refractivity contribution in [1.82, 2.24) is 21.2 Å². The van der Waals surface area contributed by atoms with Gasteiger partial charge in [-0.05, 0) is 49.1 Å². The molecule has 0 radical (unpaired) electrons. The number of rotatable bonds is 5. The predicted molar refractivity (Wildman–Crippen MR) is 94.0 cm³/mol. The van der Waals surface area contributed by atoms with E-state index >= 15 is 0 Å². The predicted octanol–water partition coefficient (Wildman–Crippen LogP) is 2.45. The minimum Gasteiger partial charge on any atom is -0.457 e. The lowest BCUT2D eigenvalue weighted by Crippen LogP contribution is -2.46. The first kappa shape index (κ1) is 16.1. The Morgan fingerprint density at radius 3 is 2.72 bits per heavy atom. The summed E-state index contributed by atoms with van der Waals surface area (Å²) in [4.78, 5) is 16.6. The van der Waals surface area contributed by atoms with Crippen LogP contribution in [0.2, 0.25) is 0 Å². The Morgan fingerprint density at radius 2 is 1.96 bits per heavy atom. The van der Waals surface area contributed by atoms with E-state index in [0.29, 0.717) is 29.0 Å². The smallest absolute Gasteiger partial charge is 0.252 e. The molecule has 0 bridgehead atoms. The quantitative estimate of drug-likeness (QED) is 0.781. The molecule has 4 rings (SSSR count). The Bertz CT molecular complexity index is 748. The van der Waals surface area contributed by atoms with Gasteiger partial charge in [-0.25, -0.2) is 5.43 Å². The molecule has 6 nitrogen and oxygen atoms in total. The summed E-state index contributed by atoms with van der Waals surface area (Å²) in [5.74, 6) is 2.30. The number of benzene rings is 1. The summed E-state index contributed by atoms with van der Waals surface area (Å²) in [5, 5.41) is 3.07. The highest BCUT2D eigenvalue weighted by Gasteiger charge is 2.42. The van der Waals surface area contributed by atoms with Crippen molar-refractivity contribution in [2.24, 2.45) is 11.8 Å². The molecule has 2 aliphatic rings. The van der Waals surface area contributed by atoms with Crippen LogP contribution in [0.1, 0.15) is 30.1 Å². The van der Waals surface area contributed by atoms with E-state index in [4.69, 9.17) is 4.74 Å². The zero-order valence-electron chi connectivity index (χ0n) is 14.1. The third kappa shape index (κ3) is 3.65. The first-order valence-corrected chi connectivity index (χ1v) is 8.70. The Hall–Kier alpha value is -2.44. The molecule has 1 saturated carbocycles. The molecule has 1 aliphatic heterocycles. The molecule has 1 aromatic heterocycles. The molecule has 3 atom stereocenters. The van der Waals surface area contributed by atoms with Crippen LogP contribution in [0.15, 0.2) is 48.8 Å². The normalized spacial score (nSPS) is 25.6. The summed E-state index contributed by atoms with van der Waals surface area (Å²) >= 11 is 0. The third-order valence-corrected chi connectivity index (χ3v) is 4.90. The van der Waals surface area contributed by atoms with Gasteiger partial charge in [0, 0.05) is 29.9 Å². The lowest BCUT2D eigenvalue weighted by atomic mass is 9.97. The number of pyridine rings is 1. The Morgan fingerprint density at radius 1 is 1.16 bits per heavy atom. The molecule has 1 aliphatic carbocycles. The molecule has 25 heavy (non-hydrogen) atoms. The maximum atomic E-state index is 12.6. The van der Waals surface area contributed by atoms with Crippen molar-refractivity contribution in [3.05, 3.63) is 54.4 Å². The number of carbonyl (C=O) groups excluding carboxylic acids is 1. The largest absolute Gasteiger partial charge is 0.457 e. The number of aromatic nitrogens is 1. The minimum absolute atomic E-state index is 0.0668. The van der Waals surface area contributed by atoms with E-state index in [1.54, 1.807) is 36.7 Å². The Balaban J connectivity index is 1.41. The van der Waals surface area contributed by atoms with Gasteiger partial charge in [-0.3, -0.25) is 15.2 Å². The van der Waals surface area contributed by atoms with Crippen molar-refractivity contribution in [2.75, 3.05) is 0 Å². The van der Waals surface area contributed by atoms with Gasteiger partial charge in [-0.15, -0.1) is 0 Å². The van der Waals surface area contributed by atoms with Crippen molar-refractivity contribution in [1.29, 1.82) is 0 Å². The minimum atomic E-state index is -0.109. The Labute approximate surface area is 147 Å². The zero-order valence-corrected chi connectivity index (χ0v) is 14.1. The van der Waals surface area contributed by atoms with E-state index in [1.165, 1.54) is 12.8 Å². The number of ether oxygens (including phenoxy) is 1. The summed E-state index contributed by atoms with van der Waals surface area (Å²) in [6.07, 6.45) is 5.82. The molecule has 6 heteroatoms. The fourth-order valence-electron chi connectivity index (χ4n) is 3.29. The molecule has 2 heterocycles. The van der Waals surface area contributed by atoms with Gasteiger partial charge in [-0.2, -0.15) is 0 Å². The average Bonchev–Trinajstić information content (AvgIpc) is 3.41. The molecule has 1 amide bonds. The maximum absolute atomic E-state index is 12.6. The van der Waals surface area contributed by atoms with Crippen LogP contribution in [-0.2, 0) is 0 Å². The number of carbonyl (C=O) groups is 1. The summed E-state index contributed by atoms with van der Waals surface area (Å²) in [5.41, 5.74) is 7.12. The van der Waals surface area contributed by atoms with E-state index < -0.39 is 0 Å². The number of hydrogen-bond donors (Lipinski definition) is 3. The summed E-state index contributed by atoms with van der Waals surface area (Å²) in [6.45, 7) is 2.17. The molecular formula is C19H22N4O2. The lowest BCUT2D eigenvalue weighted by Gasteiger charge is -2.19. The van der Waals surface area contributed by atoms with Gasteiger partial charge in [0.1, 0.15) is 11.5 Å². The van der Waals surface area contributed by atoms with E-state index in [0.717, 1.165) is 5.92 Å². The van der Waals surface area contributed by atoms with Crippen LogP contribution < -0.4 is 20.9 Å². The van der Waals surface area contributed by atoms with Crippen LogP contribution in [0.4, 0.5) is 0 Å². The summed E-state index contributed by atoms with van der Waals surface area (Å²) in [6, 6.07) is 11.2. The number of nitrogens with one attached hydrogen (secondary N) is 3. The van der Waals surface area contributed by atoms with Gasteiger partial charge >= 0.3 is 0 Å². The first-order chi connectivity index (χ1) is 12.2. The molecular weight excluding hydrogens is 316 g/mol. The van der Waals surface area contributed by atoms with Crippen LogP contribution in [0.3, 0.4) is 0 Å². The second kappa shape index (κ2) is 6.82. The van der Waals surface area contributed by atoms with Gasteiger partial charge in [0.15, 0.2) is 0 Å². The van der Waals surface area contributed by atoms with Crippen molar-refractivity contribution < 1.29 is 9.53 Å². The molecule has 1 saturated heterocycles. The van der Waals surface area contributed by atoms with Crippen molar-refractivity contribution in [2.45, 2.75) is 32.0 Å². The molecule has 3 unspecified atom stereocenters. The van der Waals surface area contributed by atoms with E-state index in [9.17, 15) is 4.79 Å². The maximum Gasteiger partial charge on any atom is 0.252 e. The van der Waals surface area contributed by atoms with E-state index in [2.05, 4.69) is 28.1 Å². The van der Waals surface area contributed by atoms with Gasteiger partial charge in [0.25, 0.3) is 5.91 Å². The number of nitrogens with zero attached hydrogens (tertiary/aromatic N) is 1. The van der Waals surface area contributed by atoms with Crippen molar-refractivity contribution >= 4 is 5.91 Å². The van der Waals surface area contributed by atoms with Gasteiger partial charge in [0.05, 0.1) is 6.17 Å². The van der Waals surface area contributed by atoms with Crippen molar-refractivity contribution in [3.8, 4) is 11.5 Å². The summed E-state index contributed by atoms with van der Waals surface area (Å²) in [7, 11) is 0. The zero-order chi connectivity index (χ0) is 17.2. The van der Waals surface area contributed by atoms with Crippen LogP contribution in [-0.4, -0.2) is 23.1 Å². The summed E-state index contributed by atoms with van der Waals surface area (Å²) < 4.78 is 5.77. The molecule has 1 aromatic carbocycles. The monoisotopic (exact) mass is 338 g/mol. The second-order valence-electron chi connectivity index (χ2n) is 6.77. The molecule has 130 valence electrons. The first-order valence-electron chi connectivity index (χ1n) is 8.70. The van der Waals surface area contributed by atoms with Gasteiger partial charge in [-0.1, -0.05) is 13.0 Å². The van der Waals surface area contributed by atoms with Crippen molar-refractivity contribution in [3.63, 3.8) is 0 Å². The van der Waals surface area contributed by atoms with E-state index in [-0.39, 0.29) is 12.1 Å². The Kier molecular flexibility index (Phi) is 4.38. The second-order valence-corrected chi connectivity index (χ2v) is 6.77. The van der Waals surface area contributed by atoms with Gasteiger partial charge in [0.2, 0.25) is 0 Å². The standard InChI is InChI=1S/C19H22N4O2/c1-12-17(13-5-6-13)22-23-18(12)21-19(24)14-3-2-4-16(11-14)25-15-7-9-20-10-8-15/h2-4,7-13,17-18,22-23H,5-6H2,1H3,(H,21,24). The van der Waals surface area contributed by atoms with Crippen LogP contribution in [0, 0.1) is 11.8 Å². The molecule has 0 spiro atoms. The highest BCUT2D eigenvalue weighted by molar-refractivity contribution is 5.94. The fourth-order valence-corrected chi connectivity index (χ4v) is 3.29. The SMILES string of the molecule is CC1C(NC(=O)c2cccc(Oc3ccncc3)c2)NNC1C1CC1. The average molecular weight is 338 g/mol. The highest BCUT2D eigenvalue weighted by atomic mass is 16.5. The molecule has 2 fully saturated rings. The number of hydrogen-bond acceptors (Lipinski definition) is 5. The third-order valence-electron chi connectivity index (χ3n) is 4.90. The van der Waals surface area contributed by atoms with Crippen LogP contribution >= 0.6 is 0 Å². The highest BCUT2D eigenvalue weighted by Crippen LogP contribution is 2.37. The lowest BCUT2D eigenvalue weighted by molar-refractivity contribution is 0.0922. The number of amides is 1.